The minimum Gasteiger partial charge on any atom is -0.398 e. The van der Waals surface area contributed by atoms with Gasteiger partial charge in [0.15, 0.2) is 0 Å². The van der Waals surface area contributed by atoms with E-state index in [9.17, 15) is 9.18 Å². The highest BCUT2D eigenvalue weighted by atomic mass is 19.1. The van der Waals surface area contributed by atoms with Gasteiger partial charge in [-0.2, -0.15) is 0 Å². The molecular formula is C24H26FN7O2. The average Bonchev–Trinajstić information content (AvgIpc) is 2.84. The number of hydrogen-bond donors (Lipinski definition) is 4. The zero-order valence-corrected chi connectivity index (χ0v) is 18.7. The number of morpholine rings is 1. The number of anilines is 3. The molecule has 0 saturated carbocycles. The van der Waals surface area contributed by atoms with Crippen molar-refractivity contribution in [3.8, 4) is 0 Å². The molecule has 0 aliphatic carbocycles. The number of nitrogens with two attached hydrogens (primary N) is 1. The molecule has 3 aromatic rings. The molecule has 0 spiro atoms. The van der Waals surface area contributed by atoms with Crippen LogP contribution in [0.15, 0.2) is 54.9 Å². The molecule has 5 N–H and O–H groups in total. The molecule has 1 aliphatic heterocycles. The number of benzene rings is 1. The van der Waals surface area contributed by atoms with E-state index in [1.807, 2.05) is 6.07 Å². The summed E-state index contributed by atoms with van der Waals surface area (Å²) >= 11 is 0. The summed E-state index contributed by atoms with van der Waals surface area (Å²) in [6, 6.07) is 10.2. The molecule has 176 valence electrons. The highest BCUT2D eigenvalue weighted by Crippen LogP contribution is 2.22. The van der Waals surface area contributed by atoms with Crippen LogP contribution in [0, 0.1) is 11.2 Å². The second-order valence-electron chi connectivity index (χ2n) is 7.91. The first kappa shape index (κ1) is 23.1. The van der Waals surface area contributed by atoms with E-state index in [2.05, 4.69) is 25.5 Å². The van der Waals surface area contributed by atoms with Gasteiger partial charge in [0, 0.05) is 48.4 Å². The molecule has 1 aliphatic rings. The van der Waals surface area contributed by atoms with Crippen molar-refractivity contribution in [2.45, 2.75) is 13.0 Å². The maximum absolute atomic E-state index is 13.1. The predicted octanol–water partition coefficient (Wildman–Crippen LogP) is 3.33. The van der Waals surface area contributed by atoms with Gasteiger partial charge in [0.1, 0.15) is 17.5 Å². The highest BCUT2D eigenvalue weighted by molar-refractivity contribution is 6.14. The minimum atomic E-state index is -0.476. The highest BCUT2D eigenvalue weighted by Gasteiger charge is 2.16. The summed E-state index contributed by atoms with van der Waals surface area (Å²) in [4.78, 5) is 23.1. The van der Waals surface area contributed by atoms with Crippen LogP contribution in [0.2, 0.25) is 0 Å². The molecule has 1 atom stereocenters. The van der Waals surface area contributed by atoms with Crippen LogP contribution in [0.25, 0.3) is 0 Å². The van der Waals surface area contributed by atoms with Gasteiger partial charge in [-0.25, -0.2) is 19.2 Å². The maximum atomic E-state index is 13.1. The number of pyridine rings is 2. The van der Waals surface area contributed by atoms with Gasteiger partial charge in [0.25, 0.3) is 0 Å². The lowest BCUT2D eigenvalue weighted by atomic mass is 10.0. The van der Waals surface area contributed by atoms with Gasteiger partial charge in [-0.15, -0.1) is 0 Å². The van der Waals surface area contributed by atoms with E-state index in [-0.39, 0.29) is 23.4 Å². The summed E-state index contributed by atoms with van der Waals surface area (Å²) in [5, 5.41) is 14.0. The lowest BCUT2D eigenvalue weighted by Gasteiger charge is -2.28. The number of amides is 2. The fraction of sp³-hybridized carbons (Fsp3) is 0.250. The Morgan fingerprint density at radius 2 is 1.91 bits per heavy atom. The van der Waals surface area contributed by atoms with E-state index in [1.165, 1.54) is 24.4 Å². The van der Waals surface area contributed by atoms with E-state index < -0.39 is 6.03 Å². The lowest BCUT2D eigenvalue weighted by Crippen LogP contribution is -2.36. The number of hydrogen-bond acceptors (Lipinski definition) is 7. The van der Waals surface area contributed by atoms with Crippen molar-refractivity contribution in [3.63, 3.8) is 0 Å². The number of rotatable bonds is 6. The Morgan fingerprint density at radius 3 is 2.62 bits per heavy atom. The van der Waals surface area contributed by atoms with Crippen LogP contribution in [0.4, 0.5) is 26.5 Å². The van der Waals surface area contributed by atoms with E-state index >= 15 is 0 Å². The van der Waals surface area contributed by atoms with Gasteiger partial charge in [0.2, 0.25) is 0 Å². The fourth-order valence-electron chi connectivity index (χ4n) is 3.63. The molecule has 9 nitrogen and oxygen atoms in total. The van der Waals surface area contributed by atoms with Crippen molar-refractivity contribution >= 4 is 29.1 Å². The second-order valence-corrected chi connectivity index (χ2v) is 7.91. The van der Waals surface area contributed by atoms with Crippen LogP contribution in [0.5, 0.6) is 0 Å². The lowest BCUT2D eigenvalue weighted by molar-refractivity contribution is 0.122. The number of nitrogens with zero attached hydrogens (tertiary/aromatic N) is 3. The van der Waals surface area contributed by atoms with E-state index in [0.717, 1.165) is 24.5 Å². The molecule has 1 fully saturated rings. The summed E-state index contributed by atoms with van der Waals surface area (Å²) < 4.78 is 18.5. The molecule has 1 unspecified atom stereocenters. The molecule has 0 radical (unpaired) electrons. The topological polar surface area (TPSA) is 129 Å². The normalized spacial score (nSPS) is 14.4. The van der Waals surface area contributed by atoms with Crippen molar-refractivity contribution in [2.24, 2.45) is 0 Å². The standard InChI is InChI=1S/C24H26FN7O2/c1-15(16-2-4-18(25)5-3-16)30-24(33)31-21-13-20(26)19(14-29-21)23(27)17-6-7-28-22(12-17)32-8-10-34-11-9-32/h2-7,12-15,27H,8-11H2,1H3,(H4,26,29,30,31,33). The Kier molecular flexibility index (Phi) is 6.98. The molecular weight excluding hydrogens is 437 g/mol. The molecule has 0 bridgehead atoms. The number of nitrogens with one attached hydrogen (secondary N) is 3. The molecule has 1 aromatic carbocycles. The van der Waals surface area contributed by atoms with Crippen LogP contribution >= 0.6 is 0 Å². The summed E-state index contributed by atoms with van der Waals surface area (Å²) in [6.07, 6.45) is 3.13. The fourth-order valence-corrected chi connectivity index (χ4v) is 3.63. The first-order valence-electron chi connectivity index (χ1n) is 10.9. The minimum absolute atomic E-state index is 0.211. The van der Waals surface area contributed by atoms with Crippen LogP contribution in [-0.4, -0.2) is 48.0 Å². The van der Waals surface area contributed by atoms with Crippen LogP contribution < -0.4 is 21.3 Å². The number of halogens is 1. The Hall–Kier alpha value is -4.05. The molecule has 2 aromatic heterocycles. The molecule has 34 heavy (non-hydrogen) atoms. The van der Waals surface area contributed by atoms with Crippen LogP contribution in [0.3, 0.4) is 0 Å². The van der Waals surface area contributed by atoms with Gasteiger partial charge in [0.05, 0.1) is 25.0 Å². The summed E-state index contributed by atoms with van der Waals surface area (Å²) in [5.74, 6) is 0.693. The zero-order valence-electron chi connectivity index (χ0n) is 18.7. The van der Waals surface area contributed by atoms with Crippen LogP contribution in [-0.2, 0) is 4.74 Å². The smallest absolute Gasteiger partial charge is 0.320 e. The predicted molar refractivity (Wildman–Crippen MR) is 129 cm³/mol. The monoisotopic (exact) mass is 463 g/mol. The quantitative estimate of drug-likeness (QED) is 0.415. The Labute approximate surface area is 196 Å². The Morgan fingerprint density at radius 1 is 1.18 bits per heavy atom. The van der Waals surface area contributed by atoms with Gasteiger partial charge in [-0.3, -0.25) is 10.7 Å². The third kappa shape index (κ3) is 5.46. The third-order valence-corrected chi connectivity index (χ3v) is 5.53. The van der Waals surface area contributed by atoms with E-state index in [0.29, 0.717) is 30.0 Å². The third-order valence-electron chi connectivity index (χ3n) is 5.53. The Bertz CT molecular complexity index is 1180. The van der Waals surface area contributed by atoms with Crippen LogP contribution in [0.1, 0.15) is 29.7 Å². The van der Waals surface area contributed by atoms with E-state index in [4.69, 9.17) is 15.9 Å². The van der Waals surface area contributed by atoms with Crippen molar-refractivity contribution in [2.75, 3.05) is 42.3 Å². The first-order valence-corrected chi connectivity index (χ1v) is 10.9. The Balaban J connectivity index is 1.42. The summed E-state index contributed by atoms with van der Waals surface area (Å²) in [6.45, 7) is 4.57. The van der Waals surface area contributed by atoms with E-state index in [1.54, 1.807) is 31.3 Å². The largest absolute Gasteiger partial charge is 0.398 e. The molecule has 3 heterocycles. The van der Waals surface area contributed by atoms with Crippen molar-refractivity contribution in [1.82, 2.24) is 15.3 Å². The number of aromatic nitrogens is 2. The van der Waals surface area contributed by atoms with Crippen molar-refractivity contribution in [3.05, 3.63) is 77.4 Å². The number of ether oxygens (including phenoxy) is 1. The molecule has 2 amide bonds. The SMILES string of the molecule is CC(NC(=O)Nc1cc(N)c(C(=N)c2ccnc(N3CCOCC3)c2)cn1)c1ccc(F)cc1. The van der Waals surface area contributed by atoms with Gasteiger partial charge < -0.3 is 20.7 Å². The molecule has 1 saturated heterocycles. The maximum Gasteiger partial charge on any atom is 0.320 e. The average molecular weight is 464 g/mol. The van der Waals surface area contributed by atoms with Crippen molar-refractivity contribution < 1.29 is 13.9 Å². The molecule has 4 rings (SSSR count). The van der Waals surface area contributed by atoms with Gasteiger partial charge in [-0.05, 0) is 36.8 Å². The number of nitrogen functional groups attached to an aromatic ring is 1. The number of carbonyl (C=O) groups is 1. The second kappa shape index (κ2) is 10.3. The zero-order chi connectivity index (χ0) is 24.1. The summed E-state index contributed by atoms with van der Waals surface area (Å²) in [7, 11) is 0. The number of carbonyl (C=O) groups excluding carboxylic acids is 1. The molecule has 10 heteroatoms. The van der Waals surface area contributed by atoms with Crippen molar-refractivity contribution in [1.29, 1.82) is 5.41 Å². The number of urea groups is 1. The first-order chi connectivity index (χ1) is 16.4. The van der Waals surface area contributed by atoms with Gasteiger partial charge in [-0.1, -0.05) is 12.1 Å². The van der Waals surface area contributed by atoms with Gasteiger partial charge >= 0.3 is 6.03 Å². The summed E-state index contributed by atoms with van der Waals surface area (Å²) in [5.41, 5.74) is 8.59.